The Morgan fingerprint density at radius 2 is 1.97 bits per heavy atom. The van der Waals surface area contributed by atoms with Crippen molar-refractivity contribution in [1.82, 2.24) is 9.97 Å². The van der Waals surface area contributed by atoms with Crippen LogP contribution >= 0.6 is 23.2 Å². The zero-order valence-corrected chi connectivity index (χ0v) is 19.5. The number of carbonyl (C=O) groups is 1. The number of halogens is 2. The Hall–Kier alpha value is -2.81. The van der Waals surface area contributed by atoms with Gasteiger partial charge in [-0.1, -0.05) is 36.5 Å². The van der Waals surface area contributed by atoms with Gasteiger partial charge in [0.05, 0.1) is 35.5 Å². The lowest BCUT2D eigenvalue weighted by Crippen LogP contribution is -2.17. The smallest absolute Gasteiger partial charge is 0.278 e. The fourth-order valence-corrected chi connectivity index (χ4v) is 3.34. The van der Waals surface area contributed by atoms with Crippen LogP contribution in [0, 0.1) is 0 Å². The number of benzene rings is 1. The lowest BCUT2D eigenvalue weighted by atomic mass is 10.2. The molecule has 2 heterocycles. The molecule has 0 fully saturated rings. The number of rotatable bonds is 9. The van der Waals surface area contributed by atoms with Gasteiger partial charge in [-0.25, -0.2) is 4.98 Å². The SMILES string of the molecule is CCCCOc1cc(-c2nc(C(=O)Nc3c(Cl)cncc3Cl)c([C@H](C)N)o2)ccc1OC. The third kappa shape index (κ3) is 5.32. The average molecular weight is 479 g/mol. The van der Waals surface area contributed by atoms with E-state index in [1.807, 2.05) is 0 Å². The molecule has 0 unspecified atom stereocenters. The number of pyridine rings is 1. The van der Waals surface area contributed by atoms with Gasteiger partial charge in [0.25, 0.3) is 5.91 Å². The predicted molar refractivity (Wildman–Crippen MR) is 124 cm³/mol. The molecule has 3 aromatic rings. The normalized spacial score (nSPS) is 11.8. The molecule has 2 aromatic heterocycles. The first-order chi connectivity index (χ1) is 15.3. The van der Waals surface area contributed by atoms with Crippen LogP contribution in [0.1, 0.15) is 49.0 Å². The third-order valence-electron chi connectivity index (χ3n) is 4.54. The van der Waals surface area contributed by atoms with E-state index in [-0.39, 0.29) is 33.1 Å². The van der Waals surface area contributed by atoms with Gasteiger partial charge >= 0.3 is 0 Å². The molecule has 170 valence electrons. The fraction of sp³-hybridized carbons (Fsp3) is 0.318. The number of amides is 1. The van der Waals surface area contributed by atoms with Crippen molar-refractivity contribution in [2.45, 2.75) is 32.7 Å². The number of anilines is 1. The number of unbranched alkanes of at least 4 members (excludes halogenated alkanes) is 1. The third-order valence-corrected chi connectivity index (χ3v) is 5.11. The maximum Gasteiger partial charge on any atom is 0.278 e. The summed E-state index contributed by atoms with van der Waals surface area (Å²) < 4.78 is 17.1. The highest BCUT2D eigenvalue weighted by Gasteiger charge is 2.25. The summed E-state index contributed by atoms with van der Waals surface area (Å²) in [5.41, 5.74) is 6.90. The van der Waals surface area contributed by atoms with E-state index in [2.05, 4.69) is 22.2 Å². The molecule has 8 nitrogen and oxygen atoms in total. The summed E-state index contributed by atoms with van der Waals surface area (Å²) in [4.78, 5) is 21.2. The number of nitrogens with two attached hydrogens (primary N) is 1. The Labute approximate surface area is 196 Å². The summed E-state index contributed by atoms with van der Waals surface area (Å²) in [7, 11) is 1.57. The molecular formula is C22H24Cl2N4O4. The number of hydrogen-bond donors (Lipinski definition) is 2. The Bertz CT molecular complexity index is 1080. The number of ether oxygens (including phenoxy) is 2. The van der Waals surface area contributed by atoms with Crippen LogP contribution in [0.3, 0.4) is 0 Å². The Morgan fingerprint density at radius 1 is 1.25 bits per heavy atom. The van der Waals surface area contributed by atoms with E-state index in [0.717, 1.165) is 12.8 Å². The first kappa shape index (κ1) is 23.8. The van der Waals surface area contributed by atoms with E-state index in [9.17, 15) is 4.79 Å². The quantitative estimate of drug-likeness (QED) is 0.390. The minimum atomic E-state index is -0.584. The van der Waals surface area contributed by atoms with Gasteiger partial charge in [-0.2, -0.15) is 0 Å². The Balaban J connectivity index is 1.95. The molecule has 1 atom stereocenters. The molecule has 3 rings (SSSR count). The highest BCUT2D eigenvalue weighted by Crippen LogP contribution is 2.35. The van der Waals surface area contributed by atoms with Gasteiger partial charge in [0.2, 0.25) is 5.89 Å². The molecule has 0 radical (unpaired) electrons. The molecule has 0 aliphatic heterocycles. The van der Waals surface area contributed by atoms with Crippen molar-refractivity contribution in [3.8, 4) is 23.0 Å². The van der Waals surface area contributed by atoms with Crippen molar-refractivity contribution in [2.24, 2.45) is 5.73 Å². The van der Waals surface area contributed by atoms with E-state index in [4.69, 9.17) is 42.8 Å². The van der Waals surface area contributed by atoms with E-state index in [0.29, 0.717) is 23.7 Å². The first-order valence-corrected chi connectivity index (χ1v) is 10.8. The Kier molecular flexibility index (Phi) is 7.95. The first-order valence-electron chi connectivity index (χ1n) is 10.0. The second kappa shape index (κ2) is 10.7. The van der Waals surface area contributed by atoms with Crippen LogP contribution in [-0.4, -0.2) is 29.6 Å². The number of nitrogens with one attached hydrogen (secondary N) is 1. The maximum absolute atomic E-state index is 13.0. The number of carbonyl (C=O) groups excluding carboxylic acids is 1. The average Bonchev–Trinajstić information content (AvgIpc) is 3.22. The van der Waals surface area contributed by atoms with Crippen LogP contribution in [0.2, 0.25) is 10.0 Å². The zero-order chi connectivity index (χ0) is 23.3. The summed E-state index contributed by atoms with van der Waals surface area (Å²) in [5, 5.41) is 3.04. The summed E-state index contributed by atoms with van der Waals surface area (Å²) >= 11 is 12.2. The number of hydrogen-bond acceptors (Lipinski definition) is 7. The fourth-order valence-electron chi connectivity index (χ4n) is 2.88. The van der Waals surface area contributed by atoms with Crippen molar-refractivity contribution in [2.75, 3.05) is 19.0 Å². The minimum absolute atomic E-state index is 0.0308. The van der Waals surface area contributed by atoms with Gasteiger partial charge in [-0.15, -0.1) is 0 Å². The van der Waals surface area contributed by atoms with Gasteiger partial charge in [0.15, 0.2) is 23.0 Å². The molecule has 1 aromatic carbocycles. The molecular weight excluding hydrogens is 455 g/mol. The van der Waals surface area contributed by atoms with Crippen LogP contribution < -0.4 is 20.5 Å². The number of methoxy groups -OCH3 is 1. The van der Waals surface area contributed by atoms with Crippen molar-refractivity contribution in [3.63, 3.8) is 0 Å². The van der Waals surface area contributed by atoms with Crippen molar-refractivity contribution in [1.29, 1.82) is 0 Å². The van der Waals surface area contributed by atoms with Gasteiger partial charge in [0.1, 0.15) is 0 Å². The van der Waals surface area contributed by atoms with Gasteiger partial charge in [-0.3, -0.25) is 9.78 Å². The molecule has 0 aliphatic rings. The van der Waals surface area contributed by atoms with Crippen LogP contribution in [0.25, 0.3) is 11.5 Å². The van der Waals surface area contributed by atoms with Crippen LogP contribution in [0.15, 0.2) is 35.0 Å². The molecule has 32 heavy (non-hydrogen) atoms. The maximum atomic E-state index is 13.0. The van der Waals surface area contributed by atoms with Crippen LogP contribution in [0.4, 0.5) is 5.69 Å². The van der Waals surface area contributed by atoms with E-state index >= 15 is 0 Å². The lowest BCUT2D eigenvalue weighted by Gasteiger charge is -2.11. The van der Waals surface area contributed by atoms with Gasteiger partial charge < -0.3 is 24.9 Å². The summed E-state index contributed by atoms with van der Waals surface area (Å²) in [5.74, 6) is 1.03. The molecule has 1 amide bonds. The monoisotopic (exact) mass is 478 g/mol. The minimum Gasteiger partial charge on any atom is -0.493 e. The van der Waals surface area contributed by atoms with Crippen LogP contribution in [0.5, 0.6) is 11.5 Å². The van der Waals surface area contributed by atoms with E-state index in [1.54, 1.807) is 32.2 Å². The van der Waals surface area contributed by atoms with E-state index < -0.39 is 11.9 Å². The summed E-state index contributed by atoms with van der Waals surface area (Å²) in [6, 6.07) is 4.69. The van der Waals surface area contributed by atoms with Crippen LogP contribution in [-0.2, 0) is 0 Å². The Morgan fingerprint density at radius 3 is 2.59 bits per heavy atom. The topological polar surface area (TPSA) is 112 Å². The summed E-state index contributed by atoms with van der Waals surface area (Å²) in [6.45, 7) is 4.33. The lowest BCUT2D eigenvalue weighted by molar-refractivity contribution is 0.102. The van der Waals surface area contributed by atoms with Crippen molar-refractivity contribution < 1.29 is 18.7 Å². The number of nitrogens with zero attached hydrogens (tertiary/aromatic N) is 2. The molecule has 3 N–H and O–H groups in total. The summed E-state index contributed by atoms with van der Waals surface area (Å²) in [6.07, 6.45) is 4.66. The highest BCUT2D eigenvalue weighted by molar-refractivity contribution is 6.39. The largest absolute Gasteiger partial charge is 0.493 e. The number of aromatic nitrogens is 2. The molecule has 0 spiro atoms. The molecule has 0 saturated carbocycles. The van der Waals surface area contributed by atoms with Gasteiger partial charge in [-0.05, 0) is 31.5 Å². The number of oxazole rings is 1. The van der Waals surface area contributed by atoms with E-state index in [1.165, 1.54) is 12.4 Å². The van der Waals surface area contributed by atoms with Gasteiger partial charge in [0, 0.05) is 18.0 Å². The van der Waals surface area contributed by atoms with Crippen molar-refractivity contribution in [3.05, 3.63) is 52.1 Å². The standard InChI is InChI=1S/C22H24Cl2N4O4/c1-4-5-8-31-17-9-13(6-7-16(17)30-3)22-28-19(20(32-22)12(2)25)21(29)27-18-14(23)10-26-11-15(18)24/h6-7,9-12H,4-5,8,25H2,1-3H3,(H,26,27,29)/t12-/m0/s1. The van der Waals surface area contributed by atoms with Crippen molar-refractivity contribution >= 4 is 34.8 Å². The highest BCUT2D eigenvalue weighted by atomic mass is 35.5. The zero-order valence-electron chi connectivity index (χ0n) is 17.9. The molecule has 0 bridgehead atoms. The second-order valence-electron chi connectivity index (χ2n) is 7.02. The molecule has 10 heteroatoms. The molecule has 0 aliphatic carbocycles. The molecule has 0 saturated heterocycles. The predicted octanol–water partition coefficient (Wildman–Crippen LogP) is 5.50. The second-order valence-corrected chi connectivity index (χ2v) is 7.83.